The summed E-state index contributed by atoms with van der Waals surface area (Å²) in [5.74, 6) is 0.882. The van der Waals surface area contributed by atoms with Crippen molar-refractivity contribution in [2.24, 2.45) is 0 Å². The van der Waals surface area contributed by atoms with Crippen LogP contribution in [0.5, 0.6) is 5.75 Å². The number of para-hydroxylation sites is 2. The molecule has 0 aromatic heterocycles. The second kappa shape index (κ2) is 6.26. The van der Waals surface area contributed by atoms with E-state index in [-0.39, 0.29) is 5.91 Å². The number of rotatable bonds is 4. The summed E-state index contributed by atoms with van der Waals surface area (Å²) >= 11 is 0. The van der Waals surface area contributed by atoms with Crippen LogP contribution in [-0.2, 0) is 4.79 Å². The summed E-state index contributed by atoms with van der Waals surface area (Å²) in [5.41, 5.74) is 0.850. The van der Waals surface area contributed by atoms with Crippen LogP contribution in [0.4, 0.5) is 5.69 Å². The largest absolute Gasteiger partial charge is 0.495 e. The lowest BCUT2D eigenvalue weighted by atomic mass is 10.3. The molecule has 1 fully saturated rings. The van der Waals surface area contributed by atoms with Gasteiger partial charge in [-0.2, -0.15) is 0 Å². The molecule has 1 aliphatic rings. The maximum absolute atomic E-state index is 12.0. The van der Waals surface area contributed by atoms with Crippen molar-refractivity contribution in [1.82, 2.24) is 10.2 Å². The summed E-state index contributed by atoms with van der Waals surface area (Å²) in [6.07, 6.45) is 0. The van der Waals surface area contributed by atoms with Gasteiger partial charge in [-0.3, -0.25) is 4.79 Å². The summed E-state index contributed by atoms with van der Waals surface area (Å²) in [6.45, 7) is 3.63. The topological polar surface area (TPSA) is 53.6 Å². The molecule has 98 valence electrons. The third kappa shape index (κ3) is 3.13. The minimum Gasteiger partial charge on any atom is -0.495 e. The molecule has 2 N–H and O–H groups in total. The molecule has 0 spiro atoms. The van der Waals surface area contributed by atoms with E-state index in [1.165, 1.54) is 0 Å². The van der Waals surface area contributed by atoms with Crippen LogP contribution in [0.15, 0.2) is 24.3 Å². The molecule has 1 aromatic rings. The van der Waals surface area contributed by atoms with E-state index in [9.17, 15) is 4.79 Å². The van der Waals surface area contributed by atoms with Crippen LogP contribution in [0.2, 0.25) is 0 Å². The van der Waals surface area contributed by atoms with Gasteiger partial charge in [0.1, 0.15) is 5.75 Å². The fourth-order valence-electron chi connectivity index (χ4n) is 1.99. The summed E-state index contributed by atoms with van der Waals surface area (Å²) in [7, 11) is 1.62. The molecule has 5 nitrogen and oxygen atoms in total. The highest BCUT2D eigenvalue weighted by Crippen LogP contribution is 2.22. The molecule has 5 heteroatoms. The number of benzene rings is 1. The Morgan fingerprint density at radius 2 is 2.11 bits per heavy atom. The number of carbonyl (C=O) groups is 1. The number of anilines is 1. The van der Waals surface area contributed by atoms with Crippen LogP contribution in [0.3, 0.4) is 0 Å². The van der Waals surface area contributed by atoms with Gasteiger partial charge in [-0.15, -0.1) is 0 Å². The molecule has 2 rings (SSSR count). The maximum atomic E-state index is 12.0. The molecule has 1 saturated heterocycles. The zero-order valence-corrected chi connectivity index (χ0v) is 10.6. The average Bonchev–Trinajstić information content (AvgIpc) is 2.46. The fourth-order valence-corrected chi connectivity index (χ4v) is 1.99. The van der Waals surface area contributed by atoms with E-state index < -0.39 is 0 Å². The van der Waals surface area contributed by atoms with Crippen molar-refractivity contribution >= 4 is 11.6 Å². The Labute approximate surface area is 107 Å². The van der Waals surface area contributed by atoms with Gasteiger partial charge in [0, 0.05) is 26.2 Å². The van der Waals surface area contributed by atoms with E-state index in [0.717, 1.165) is 37.6 Å². The number of amides is 1. The number of hydrogen-bond acceptors (Lipinski definition) is 4. The lowest BCUT2D eigenvalue weighted by Gasteiger charge is -2.27. The molecular formula is C13H19N3O2. The van der Waals surface area contributed by atoms with Crippen LogP contribution in [0.1, 0.15) is 0 Å². The van der Waals surface area contributed by atoms with Gasteiger partial charge in [0.25, 0.3) is 0 Å². The van der Waals surface area contributed by atoms with E-state index in [1.54, 1.807) is 7.11 Å². The van der Waals surface area contributed by atoms with Gasteiger partial charge < -0.3 is 20.3 Å². The van der Waals surface area contributed by atoms with Crippen LogP contribution in [0.25, 0.3) is 0 Å². The Kier molecular flexibility index (Phi) is 4.41. The molecule has 1 heterocycles. The van der Waals surface area contributed by atoms with Gasteiger partial charge in [0.2, 0.25) is 5.91 Å². The molecule has 0 unspecified atom stereocenters. The molecule has 1 amide bonds. The second-order valence-corrected chi connectivity index (χ2v) is 4.18. The Hall–Kier alpha value is -1.75. The highest BCUT2D eigenvalue weighted by atomic mass is 16.5. The van der Waals surface area contributed by atoms with E-state index >= 15 is 0 Å². The molecule has 0 radical (unpaired) electrons. The van der Waals surface area contributed by atoms with Gasteiger partial charge in [-0.25, -0.2) is 0 Å². The number of methoxy groups -OCH3 is 1. The number of ether oxygens (including phenoxy) is 1. The summed E-state index contributed by atoms with van der Waals surface area (Å²) in [6, 6.07) is 7.60. The molecule has 0 atom stereocenters. The predicted octanol–water partition coefficient (Wildman–Crippen LogP) is 0.539. The smallest absolute Gasteiger partial charge is 0.241 e. The van der Waals surface area contributed by atoms with Crippen molar-refractivity contribution in [2.45, 2.75) is 0 Å². The SMILES string of the molecule is COc1ccccc1NCC(=O)N1CCNCC1. The van der Waals surface area contributed by atoms with Crippen LogP contribution in [0, 0.1) is 0 Å². The van der Waals surface area contributed by atoms with Gasteiger partial charge >= 0.3 is 0 Å². The van der Waals surface area contributed by atoms with Gasteiger partial charge in [-0.1, -0.05) is 12.1 Å². The van der Waals surface area contributed by atoms with Crippen LogP contribution >= 0.6 is 0 Å². The Balaban J connectivity index is 1.88. The third-order valence-corrected chi connectivity index (χ3v) is 3.01. The predicted molar refractivity (Wildman–Crippen MR) is 70.9 cm³/mol. The fraction of sp³-hybridized carbons (Fsp3) is 0.462. The summed E-state index contributed by atoms with van der Waals surface area (Å²) in [5, 5.41) is 6.35. The van der Waals surface area contributed by atoms with Crippen LogP contribution in [-0.4, -0.2) is 50.6 Å². The van der Waals surface area contributed by atoms with Crippen LogP contribution < -0.4 is 15.4 Å². The quantitative estimate of drug-likeness (QED) is 0.818. The first-order valence-corrected chi connectivity index (χ1v) is 6.16. The van der Waals surface area contributed by atoms with E-state index in [2.05, 4.69) is 10.6 Å². The summed E-state index contributed by atoms with van der Waals surface area (Å²) < 4.78 is 5.23. The summed E-state index contributed by atoms with van der Waals surface area (Å²) in [4.78, 5) is 13.8. The van der Waals surface area contributed by atoms with Gasteiger partial charge in [0.15, 0.2) is 0 Å². The van der Waals surface area contributed by atoms with Crippen molar-refractivity contribution in [1.29, 1.82) is 0 Å². The van der Waals surface area contributed by atoms with Crippen molar-refractivity contribution < 1.29 is 9.53 Å². The van der Waals surface area contributed by atoms with Crippen molar-refractivity contribution in [2.75, 3.05) is 45.2 Å². The van der Waals surface area contributed by atoms with E-state index in [0.29, 0.717) is 6.54 Å². The number of carbonyl (C=O) groups excluding carboxylic acids is 1. The minimum absolute atomic E-state index is 0.127. The highest BCUT2D eigenvalue weighted by molar-refractivity contribution is 5.81. The van der Waals surface area contributed by atoms with Crippen molar-refractivity contribution in [3.8, 4) is 5.75 Å². The highest BCUT2D eigenvalue weighted by Gasteiger charge is 2.15. The van der Waals surface area contributed by atoms with Gasteiger partial charge in [-0.05, 0) is 12.1 Å². The first-order valence-electron chi connectivity index (χ1n) is 6.16. The standard InChI is InChI=1S/C13H19N3O2/c1-18-12-5-3-2-4-11(12)15-10-13(17)16-8-6-14-7-9-16/h2-5,14-15H,6-10H2,1H3. The second-order valence-electron chi connectivity index (χ2n) is 4.18. The minimum atomic E-state index is 0.127. The molecule has 0 aliphatic carbocycles. The van der Waals surface area contributed by atoms with E-state index in [1.807, 2.05) is 29.2 Å². The first kappa shape index (κ1) is 12.7. The number of nitrogens with zero attached hydrogens (tertiary/aromatic N) is 1. The Morgan fingerprint density at radius 1 is 1.39 bits per heavy atom. The van der Waals surface area contributed by atoms with Gasteiger partial charge in [0.05, 0.1) is 19.3 Å². The third-order valence-electron chi connectivity index (χ3n) is 3.01. The lowest BCUT2D eigenvalue weighted by Crippen LogP contribution is -2.48. The molecule has 18 heavy (non-hydrogen) atoms. The number of hydrogen-bond donors (Lipinski definition) is 2. The monoisotopic (exact) mass is 249 g/mol. The maximum Gasteiger partial charge on any atom is 0.241 e. The Morgan fingerprint density at radius 3 is 2.83 bits per heavy atom. The number of piperazine rings is 1. The molecule has 1 aromatic carbocycles. The zero-order chi connectivity index (χ0) is 12.8. The van der Waals surface area contributed by atoms with Crippen molar-refractivity contribution in [3.05, 3.63) is 24.3 Å². The lowest BCUT2D eigenvalue weighted by molar-refractivity contribution is -0.129. The number of nitrogens with one attached hydrogen (secondary N) is 2. The zero-order valence-electron chi connectivity index (χ0n) is 10.6. The van der Waals surface area contributed by atoms with Crippen molar-refractivity contribution in [3.63, 3.8) is 0 Å². The molecule has 1 aliphatic heterocycles. The molecule has 0 saturated carbocycles. The molecular weight excluding hydrogens is 230 g/mol. The normalized spacial score (nSPS) is 15.3. The van der Waals surface area contributed by atoms with E-state index in [4.69, 9.17) is 4.74 Å². The first-order chi connectivity index (χ1) is 8.81. The Bertz CT molecular complexity index is 403. The average molecular weight is 249 g/mol. The molecule has 0 bridgehead atoms.